The van der Waals surface area contributed by atoms with Gasteiger partial charge in [-0.1, -0.05) is 0 Å². The third-order valence-corrected chi connectivity index (χ3v) is 3.53. The molecule has 0 aliphatic heterocycles. The van der Waals surface area contributed by atoms with Crippen molar-refractivity contribution in [3.63, 3.8) is 0 Å². The van der Waals surface area contributed by atoms with Crippen molar-refractivity contribution in [3.05, 3.63) is 41.3 Å². The summed E-state index contributed by atoms with van der Waals surface area (Å²) in [6.45, 7) is 5.87. The normalized spacial score (nSPS) is 14.6. The Morgan fingerprint density at radius 1 is 1.04 bits per heavy atom. The molecule has 128 valence electrons. The van der Waals surface area contributed by atoms with Gasteiger partial charge in [-0.15, -0.1) is 0 Å². The SMILES string of the molecule is CC(C)(C)Nc1nc(Nc2c(F)ccc(F)c2F)cc(C2CC2)n1. The number of benzene rings is 1. The number of hydrogen-bond acceptors (Lipinski definition) is 4. The highest BCUT2D eigenvalue weighted by Crippen LogP contribution is 2.40. The lowest BCUT2D eigenvalue weighted by Crippen LogP contribution is -2.27. The van der Waals surface area contributed by atoms with Crippen LogP contribution in [0.5, 0.6) is 0 Å². The summed E-state index contributed by atoms with van der Waals surface area (Å²) >= 11 is 0. The summed E-state index contributed by atoms with van der Waals surface area (Å²) in [6, 6.07) is 3.27. The van der Waals surface area contributed by atoms with Gasteiger partial charge in [0.1, 0.15) is 17.3 Å². The third kappa shape index (κ3) is 3.77. The summed E-state index contributed by atoms with van der Waals surface area (Å²) in [4.78, 5) is 8.71. The molecule has 0 atom stereocenters. The first kappa shape index (κ1) is 16.5. The standard InChI is InChI=1S/C17H19F3N4/c1-17(2,3)24-16-21-12(9-4-5-9)8-13(23-16)22-15-11(19)7-6-10(18)14(15)20/h6-9H,4-5H2,1-3H3,(H2,21,22,23,24). The first-order valence-electron chi connectivity index (χ1n) is 7.80. The summed E-state index contributed by atoms with van der Waals surface area (Å²) < 4.78 is 41.0. The Kier molecular flexibility index (Phi) is 4.11. The van der Waals surface area contributed by atoms with Gasteiger partial charge in [0, 0.05) is 17.5 Å². The average Bonchev–Trinajstić information content (AvgIpc) is 3.30. The van der Waals surface area contributed by atoms with Gasteiger partial charge < -0.3 is 10.6 Å². The Balaban J connectivity index is 1.97. The molecule has 1 aliphatic rings. The number of anilines is 3. The molecule has 3 rings (SSSR count). The third-order valence-electron chi connectivity index (χ3n) is 3.53. The summed E-state index contributed by atoms with van der Waals surface area (Å²) in [5.74, 6) is -2.36. The molecule has 1 heterocycles. The minimum atomic E-state index is -1.27. The van der Waals surface area contributed by atoms with Gasteiger partial charge in [0.15, 0.2) is 11.6 Å². The van der Waals surface area contributed by atoms with Crippen molar-refractivity contribution in [2.24, 2.45) is 0 Å². The van der Waals surface area contributed by atoms with Crippen LogP contribution >= 0.6 is 0 Å². The molecule has 1 saturated carbocycles. The van der Waals surface area contributed by atoms with E-state index in [0.717, 1.165) is 30.7 Å². The average molecular weight is 336 g/mol. The number of hydrogen-bond donors (Lipinski definition) is 2. The Hall–Kier alpha value is -2.31. The summed E-state index contributed by atoms with van der Waals surface area (Å²) in [7, 11) is 0. The Morgan fingerprint density at radius 2 is 1.71 bits per heavy atom. The van der Waals surface area contributed by atoms with E-state index in [0.29, 0.717) is 11.9 Å². The summed E-state index contributed by atoms with van der Waals surface area (Å²) in [5, 5.41) is 5.70. The fourth-order valence-electron chi connectivity index (χ4n) is 2.28. The van der Waals surface area contributed by atoms with E-state index in [-0.39, 0.29) is 11.4 Å². The quantitative estimate of drug-likeness (QED) is 0.793. The minimum Gasteiger partial charge on any atom is -0.350 e. The lowest BCUT2D eigenvalue weighted by molar-refractivity contribution is 0.499. The van der Waals surface area contributed by atoms with Gasteiger partial charge in [-0.25, -0.2) is 18.2 Å². The molecular weight excluding hydrogens is 317 g/mol. The molecule has 0 unspecified atom stereocenters. The maximum atomic E-state index is 13.9. The molecule has 1 aromatic heterocycles. The van der Waals surface area contributed by atoms with E-state index < -0.39 is 23.1 Å². The van der Waals surface area contributed by atoms with Crippen LogP contribution in [0, 0.1) is 17.5 Å². The number of aromatic nitrogens is 2. The topological polar surface area (TPSA) is 49.8 Å². The second-order valence-corrected chi connectivity index (χ2v) is 6.99. The lowest BCUT2D eigenvalue weighted by atomic mass is 10.1. The van der Waals surface area contributed by atoms with E-state index in [4.69, 9.17) is 0 Å². The Bertz CT molecular complexity index is 767. The van der Waals surface area contributed by atoms with Crippen molar-refractivity contribution in [2.75, 3.05) is 10.6 Å². The monoisotopic (exact) mass is 336 g/mol. The van der Waals surface area contributed by atoms with Crippen molar-refractivity contribution >= 4 is 17.5 Å². The summed E-state index contributed by atoms with van der Waals surface area (Å²) in [5.41, 5.74) is -0.0250. The molecular formula is C17H19F3N4. The molecule has 0 spiro atoms. The predicted octanol–water partition coefficient (Wildman–Crippen LogP) is 4.73. The van der Waals surface area contributed by atoms with E-state index in [2.05, 4.69) is 20.6 Å². The predicted molar refractivity (Wildman–Crippen MR) is 87.0 cm³/mol. The number of halogens is 3. The van der Waals surface area contributed by atoms with Crippen LogP contribution in [-0.2, 0) is 0 Å². The minimum absolute atomic E-state index is 0.224. The van der Waals surface area contributed by atoms with Crippen molar-refractivity contribution in [2.45, 2.75) is 45.1 Å². The van der Waals surface area contributed by atoms with E-state index in [1.165, 1.54) is 0 Å². The molecule has 1 aromatic carbocycles. The van der Waals surface area contributed by atoms with E-state index in [1.807, 2.05) is 20.8 Å². The zero-order valence-corrected chi connectivity index (χ0v) is 13.8. The fourth-order valence-corrected chi connectivity index (χ4v) is 2.28. The number of nitrogens with zero attached hydrogens (tertiary/aromatic N) is 2. The van der Waals surface area contributed by atoms with Gasteiger partial charge in [0.2, 0.25) is 5.95 Å². The second kappa shape index (κ2) is 5.96. The first-order chi connectivity index (χ1) is 11.2. The van der Waals surface area contributed by atoms with Crippen LogP contribution in [0.4, 0.5) is 30.6 Å². The Morgan fingerprint density at radius 3 is 2.33 bits per heavy atom. The largest absolute Gasteiger partial charge is 0.350 e. The van der Waals surface area contributed by atoms with Gasteiger partial charge in [-0.05, 0) is 45.7 Å². The molecule has 1 aliphatic carbocycles. The maximum Gasteiger partial charge on any atom is 0.225 e. The van der Waals surface area contributed by atoms with Crippen LogP contribution < -0.4 is 10.6 Å². The van der Waals surface area contributed by atoms with E-state index in [9.17, 15) is 13.2 Å². The van der Waals surface area contributed by atoms with Crippen LogP contribution in [0.25, 0.3) is 0 Å². The van der Waals surface area contributed by atoms with Crippen molar-refractivity contribution in [1.82, 2.24) is 9.97 Å². The van der Waals surface area contributed by atoms with Crippen molar-refractivity contribution in [3.8, 4) is 0 Å². The van der Waals surface area contributed by atoms with Gasteiger partial charge >= 0.3 is 0 Å². The van der Waals surface area contributed by atoms with Gasteiger partial charge in [0.05, 0.1) is 5.69 Å². The highest BCUT2D eigenvalue weighted by Gasteiger charge is 2.27. The summed E-state index contributed by atoms with van der Waals surface area (Å²) in [6.07, 6.45) is 2.04. The van der Waals surface area contributed by atoms with Gasteiger partial charge in [-0.2, -0.15) is 4.98 Å². The number of rotatable bonds is 4. The van der Waals surface area contributed by atoms with Gasteiger partial charge in [0.25, 0.3) is 0 Å². The van der Waals surface area contributed by atoms with Crippen LogP contribution in [0.2, 0.25) is 0 Å². The molecule has 1 fully saturated rings. The fraction of sp³-hybridized carbons (Fsp3) is 0.412. The van der Waals surface area contributed by atoms with Crippen LogP contribution in [0.3, 0.4) is 0 Å². The smallest absolute Gasteiger partial charge is 0.225 e. The lowest BCUT2D eigenvalue weighted by Gasteiger charge is -2.21. The highest BCUT2D eigenvalue weighted by atomic mass is 19.2. The maximum absolute atomic E-state index is 13.9. The number of nitrogens with one attached hydrogen (secondary N) is 2. The molecule has 2 N–H and O–H groups in total. The Labute approximate surface area is 138 Å². The van der Waals surface area contributed by atoms with Crippen molar-refractivity contribution < 1.29 is 13.2 Å². The molecule has 24 heavy (non-hydrogen) atoms. The molecule has 0 saturated heterocycles. The zero-order valence-electron chi connectivity index (χ0n) is 13.8. The van der Waals surface area contributed by atoms with Gasteiger partial charge in [-0.3, -0.25) is 0 Å². The van der Waals surface area contributed by atoms with Crippen LogP contribution in [-0.4, -0.2) is 15.5 Å². The van der Waals surface area contributed by atoms with Crippen LogP contribution in [0.1, 0.15) is 45.2 Å². The van der Waals surface area contributed by atoms with E-state index in [1.54, 1.807) is 6.07 Å². The molecule has 2 aromatic rings. The molecule has 0 radical (unpaired) electrons. The first-order valence-corrected chi connectivity index (χ1v) is 7.80. The zero-order chi connectivity index (χ0) is 17.5. The molecule has 4 nitrogen and oxygen atoms in total. The second-order valence-electron chi connectivity index (χ2n) is 6.99. The molecule has 0 amide bonds. The highest BCUT2D eigenvalue weighted by molar-refractivity contribution is 5.59. The van der Waals surface area contributed by atoms with Crippen molar-refractivity contribution in [1.29, 1.82) is 0 Å². The molecule has 7 heteroatoms. The van der Waals surface area contributed by atoms with E-state index >= 15 is 0 Å². The van der Waals surface area contributed by atoms with Crippen LogP contribution in [0.15, 0.2) is 18.2 Å². The molecule has 0 bridgehead atoms.